The smallest absolute Gasteiger partial charge is 0.269 e. The Balaban J connectivity index is 1.81. The van der Waals surface area contributed by atoms with Crippen LogP contribution < -0.4 is 15.8 Å². The van der Waals surface area contributed by atoms with Crippen LogP contribution >= 0.6 is 0 Å². The quantitative estimate of drug-likeness (QED) is 0.884. The normalized spacial score (nSPS) is 15.2. The third-order valence-corrected chi connectivity index (χ3v) is 3.79. The van der Waals surface area contributed by atoms with E-state index in [1.54, 1.807) is 24.7 Å². The molecule has 0 radical (unpaired) electrons. The lowest BCUT2D eigenvalue weighted by atomic mass is 10.1. The molecule has 110 valence electrons. The van der Waals surface area contributed by atoms with Gasteiger partial charge in [-0.05, 0) is 24.1 Å². The highest BCUT2D eigenvalue weighted by Crippen LogP contribution is 2.11. The third-order valence-electron chi connectivity index (χ3n) is 3.79. The van der Waals surface area contributed by atoms with Gasteiger partial charge in [-0.1, -0.05) is 0 Å². The molecule has 0 amide bonds. The van der Waals surface area contributed by atoms with Gasteiger partial charge < -0.3 is 10.2 Å². The van der Waals surface area contributed by atoms with Crippen molar-refractivity contribution >= 4 is 5.69 Å². The van der Waals surface area contributed by atoms with Crippen molar-refractivity contribution in [2.45, 2.75) is 13.5 Å². The fourth-order valence-electron chi connectivity index (χ4n) is 2.48. The second-order valence-corrected chi connectivity index (χ2v) is 5.25. The summed E-state index contributed by atoms with van der Waals surface area (Å²) in [6.07, 6.45) is 5.32. The first-order chi connectivity index (χ1) is 10.2. The molecule has 0 bridgehead atoms. The molecule has 3 heterocycles. The van der Waals surface area contributed by atoms with Crippen LogP contribution in [0.3, 0.4) is 0 Å². The van der Waals surface area contributed by atoms with E-state index in [1.165, 1.54) is 4.68 Å². The van der Waals surface area contributed by atoms with Crippen LogP contribution in [-0.2, 0) is 6.54 Å². The maximum atomic E-state index is 12.2. The molecule has 0 saturated carbocycles. The van der Waals surface area contributed by atoms with Crippen molar-refractivity contribution in [3.05, 3.63) is 52.2 Å². The highest BCUT2D eigenvalue weighted by molar-refractivity contribution is 5.43. The number of piperazine rings is 1. The number of aryl methyl sites for hydroxylation is 1. The number of hydrogen-bond donors (Lipinski definition) is 1. The van der Waals surface area contributed by atoms with Crippen molar-refractivity contribution in [2.75, 3.05) is 31.1 Å². The van der Waals surface area contributed by atoms with Crippen molar-refractivity contribution in [3.8, 4) is 0 Å². The molecule has 0 aromatic carbocycles. The van der Waals surface area contributed by atoms with Crippen LogP contribution in [0.5, 0.6) is 0 Å². The summed E-state index contributed by atoms with van der Waals surface area (Å²) in [5.41, 5.74) is 2.97. The van der Waals surface area contributed by atoms with E-state index in [-0.39, 0.29) is 5.56 Å². The average molecular weight is 285 g/mol. The van der Waals surface area contributed by atoms with Crippen molar-refractivity contribution in [1.29, 1.82) is 0 Å². The van der Waals surface area contributed by atoms with Gasteiger partial charge in [0.1, 0.15) is 0 Å². The van der Waals surface area contributed by atoms with Gasteiger partial charge in [0.15, 0.2) is 0 Å². The maximum absolute atomic E-state index is 12.2. The summed E-state index contributed by atoms with van der Waals surface area (Å²) in [4.78, 5) is 18.5. The molecule has 0 atom stereocenters. The van der Waals surface area contributed by atoms with E-state index in [4.69, 9.17) is 0 Å². The number of anilines is 1. The number of rotatable bonds is 3. The maximum Gasteiger partial charge on any atom is 0.269 e. The summed E-state index contributed by atoms with van der Waals surface area (Å²) in [6, 6.07) is 3.60. The number of pyridine rings is 1. The summed E-state index contributed by atoms with van der Waals surface area (Å²) in [5, 5.41) is 7.61. The Morgan fingerprint density at radius 2 is 2.10 bits per heavy atom. The Kier molecular flexibility index (Phi) is 3.96. The van der Waals surface area contributed by atoms with Crippen molar-refractivity contribution in [1.82, 2.24) is 20.1 Å². The van der Waals surface area contributed by atoms with Gasteiger partial charge in [-0.25, -0.2) is 4.68 Å². The molecule has 6 heteroatoms. The third kappa shape index (κ3) is 3.11. The van der Waals surface area contributed by atoms with Crippen LogP contribution in [0.1, 0.15) is 11.1 Å². The molecule has 3 rings (SSSR count). The molecule has 2 aromatic rings. The molecule has 1 fully saturated rings. The van der Waals surface area contributed by atoms with E-state index in [0.717, 1.165) is 43.0 Å². The number of nitrogens with zero attached hydrogens (tertiary/aromatic N) is 4. The number of hydrogen-bond acceptors (Lipinski definition) is 5. The summed E-state index contributed by atoms with van der Waals surface area (Å²) in [7, 11) is 0. The van der Waals surface area contributed by atoms with E-state index in [9.17, 15) is 4.79 Å². The fourth-order valence-corrected chi connectivity index (χ4v) is 2.48. The zero-order valence-electron chi connectivity index (χ0n) is 12.1. The first-order valence-corrected chi connectivity index (χ1v) is 7.16. The standard InChI is InChI=1S/C15H19N5O/c1-12-9-17-3-2-13(12)11-20-15(21)8-14(10-18-20)19-6-4-16-5-7-19/h2-3,8-10,16H,4-7,11H2,1H3. The van der Waals surface area contributed by atoms with E-state index in [0.29, 0.717) is 6.54 Å². The molecular formula is C15H19N5O. The summed E-state index contributed by atoms with van der Waals surface area (Å²) in [5.74, 6) is 0. The molecule has 0 aliphatic carbocycles. The highest BCUT2D eigenvalue weighted by atomic mass is 16.1. The number of nitrogens with one attached hydrogen (secondary N) is 1. The Labute approximate surface area is 123 Å². The SMILES string of the molecule is Cc1cnccc1Cn1ncc(N2CCNCC2)cc1=O. The molecule has 2 aromatic heterocycles. The summed E-state index contributed by atoms with van der Waals surface area (Å²) >= 11 is 0. The molecule has 6 nitrogen and oxygen atoms in total. The van der Waals surface area contributed by atoms with Gasteiger partial charge in [0, 0.05) is 44.6 Å². The van der Waals surface area contributed by atoms with Crippen LogP contribution in [0.25, 0.3) is 0 Å². The fraction of sp³-hybridized carbons (Fsp3) is 0.400. The lowest BCUT2D eigenvalue weighted by molar-refractivity contribution is 0.581. The van der Waals surface area contributed by atoms with E-state index in [2.05, 4.69) is 20.3 Å². The second-order valence-electron chi connectivity index (χ2n) is 5.25. The van der Waals surface area contributed by atoms with Gasteiger partial charge in [-0.15, -0.1) is 0 Å². The largest absolute Gasteiger partial charge is 0.368 e. The molecule has 1 N–H and O–H groups in total. The van der Waals surface area contributed by atoms with Crippen LogP contribution in [0.15, 0.2) is 35.5 Å². The lowest BCUT2D eigenvalue weighted by Gasteiger charge is -2.28. The van der Waals surface area contributed by atoms with Gasteiger partial charge in [-0.2, -0.15) is 5.10 Å². The Bertz CT molecular complexity index is 676. The molecule has 1 aliphatic rings. The number of aromatic nitrogens is 3. The van der Waals surface area contributed by atoms with Crippen LogP contribution in [0, 0.1) is 6.92 Å². The zero-order chi connectivity index (χ0) is 14.7. The Morgan fingerprint density at radius 3 is 2.81 bits per heavy atom. The van der Waals surface area contributed by atoms with Gasteiger partial charge in [0.2, 0.25) is 0 Å². The van der Waals surface area contributed by atoms with E-state index >= 15 is 0 Å². The molecule has 0 spiro atoms. The second kappa shape index (κ2) is 6.05. The van der Waals surface area contributed by atoms with Crippen molar-refractivity contribution < 1.29 is 0 Å². The van der Waals surface area contributed by atoms with Crippen molar-refractivity contribution in [2.24, 2.45) is 0 Å². The van der Waals surface area contributed by atoms with Gasteiger partial charge >= 0.3 is 0 Å². The lowest BCUT2D eigenvalue weighted by Crippen LogP contribution is -2.44. The van der Waals surface area contributed by atoms with E-state index in [1.807, 2.05) is 13.0 Å². The highest BCUT2D eigenvalue weighted by Gasteiger charge is 2.12. The van der Waals surface area contributed by atoms with Crippen LogP contribution in [-0.4, -0.2) is 40.9 Å². The van der Waals surface area contributed by atoms with E-state index < -0.39 is 0 Å². The molecule has 1 saturated heterocycles. The van der Waals surface area contributed by atoms with Gasteiger partial charge in [0.25, 0.3) is 5.56 Å². The molecule has 21 heavy (non-hydrogen) atoms. The zero-order valence-corrected chi connectivity index (χ0v) is 12.1. The molecular weight excluding hydrogens is 266 g/mol. The van der Waals surface area contributed by atoms with Gasteiger partial charge in [0.05, 0.1) is 18.4 Å². The minimum Gasteiger partial charge on any atom is -0.368 e. The van der Waals surface area contributed by atoms with Crippen molar-refractivity contribution in [3.63, 3.8) is 0 Å². The first kappa shape index (κ1) is 13.8. The monoisotopic (exact) mass is 285 g/mol. The Morgan fingerprint density at radius 1 is 1.29 bits per heavy atom. The predicted octanol–water partition coefficient (Wildman–Crippen LogP) is 0.405. The van der Waals surface area contributed by atoms with Crippen LogP contribution in [0.4, 0.5) is 5.69 Å². The average Bonchev–Trinajstić information content (AvgIpc) is 2.52. The molecule has 0 unspecified atom stereocenters. The first-order valence-electron chi connectivity index (χ1n) is 7.16. The molecule has 1 aliphatic heterocycles. The Hall–Kier alpha value is -2.21. The minimum atomic E-state index is -0.0674. The minimum absolute atomic E-state index is 0.0674. The van der Waals surface area contributed by atoms with Gasteiger partial charge in [-0.3, -0.25) is 9.78 Å². The predicted molar refractivity (Wildman–Crippen MR) is 81.7 cm³/mol. The van der Waals surface area contributed by atoms with Crippen LogP contribution in [0.2, 0.25) is 0 Å². The summed E-state index contributed by atoms with van der Waals surface area (Å²) in [6.45, 7) is 6.18. The summed E-state index contributed by atoms with van der Waals surface area (Å²) < 4.78 is 1.49. The topological polar surface area (TPSA) is 63.1 Å².